The monoisotopic (exact) mass is 185 g/mol. The van der Waals surface area contributed by atoms with Gasteiger partial charge in [-0.15, -0.1) is 0 Å². The second-order valence-corrected chi connectivity index (χ2v) is 4.38. The molecule has 1 rings (SSSR count). The lowest BCUT2D eigenvalue weighted by molar-refractivity contribution is -0.0163. The predicted octanol–water partition coefficient (Wildman–Crippen LogP) is 2.46. The van der Waals surface area contributed by atoms with Crippen molar-refractivity contribution in [1.29, 1.82) is 0 Å². The van der Waals surface area contributed by atoms with E-state index in [9.17, 15) is 0 Å². The molecule has 1 aliphatic rings. The molecule has 0 amide bonds. The second-order valence-electron chi connectivity index (χ2n) is 4.38. The maximum absolute atomic E-state index is 6.07. The van der Waals surface area contributed by atoms with Gasteiger partial charge in [-0.3, -0.25) is 0 Å². The maximum atomic E-state index is 6.07. The Kier molecular flexibility index (Phi) is 4.74. The summed E-state index contributed by atoms with van der Waals surface area (Å²) in [4.78, 5) is 0. The molecule has 0 aromatic rings. The van der Waals surface area contributed by atoms with E-state index in [1.165, 1.54) is 25.7 Å². The van der Waals surface area contributed by atoms with E-state index >= 15 is 0 Å². The first-order valence-corrected chi connectivity index (χ1v) is 5.61. The molecule has 1 aliphatic carbocycles. The van der Waals surface area contributed by atoms with Crippen LogP contribution in [0.3, 0.4) is 0 Å². The van der Waals surface area contributed by atoms with E-state index in [0.29, 0.717) is 12.2 Å². The molecular weight excluding hydrogens is 162 g/mol. The molecule has 13 heavy (non-hydrogen) atoms. The van der Waals surface area contributed by atoms with Crippen LogP contribution in [0.5, 0.6) is 0 Å². The molecule has 0 bridgehead atoms. The molecule has 2 N–H and O–H groups in total. The molecular formula is C11H23NO. The van der Waals surface area contributed by atoms with E-state index in [0.717, 1.165) is 12.8 Å². The molecule has 1 fully saturated rings. The molecule has 1 saturated carbocycles. The fourth-order valence-corrected chi connectivity index (χ4v) is 2.00. The molecule has 0 aliphatic heterocycles. The van der Waals surface area contributed by atoms with Crippen molar-refractivity contribution in [2.24, 2.45) is 5.73 Å². The molecule has 2 atom stereocenters. The summed E-state index contributed by atoms with van der Waals surface area (Å²) in [6.45, 7) is 4.18. The average Bonchev–Trinajstić information content (AvgIpc) is 2.04. The summed E-state index contributed by atoms with van der Waals surface area (Å²) in [7, 11) is 0. The van der Waals surface area contributed by atoms with Crippen molar-refractivity contribution >= 4 is 0 Å². The predicted molar refractivity (Wildman–Crippen MR) is 55.7 cm³/mol. The minimum absolute atomic E-state index is 0.266. The minimum atomic E-state index is 0.266. The fraction of sp³-hybridized carbons (Fsp3) is 1.00. The van der Waals surface area contributed by atoms with Crippen molar-refractivity contribution in [1.82, 2.24) is 0 Å². The van der Waals surface area contributed by atoms with Crippen molar-refractivity contribution < 1.29 is 4.74 Å². The van der Waals surface area contributed by atoms with Crippen LogP contribution >= 0.6 is 0 Å². The molecule has 2 nitrogen and oxygen atoms in total. The van der Waals surface area contributed by atoms with Crippen molar-refractivity contribution in [2.45, 2.75) is 70.6 Å². The molecule has 0 unspecified atom stereocenters. The largest absolute Gasteiger partial charge is 0.374 e. The SMILES string of the molecule is CC(C)O[C@@H]1CCCCCC[C@@H]1N. The Morgan fingerprint density at radius 3 is 2.31 bits per heavy atom. The Morgan fingerprint density at radius 2 is 1.69 bits per heavy atom. The van der Waals surface area contributed by atoms with Gasteiger partial charge in [0.25, 0.3) is 0 Å². The summed E-state index contributed by atoms with van der Waals surface area (Å²) in [5.74, 6) is 0. The molecule has 2 heteroatoms. The van der Waals surface area contributed by atoms with E-state index < -0.39 is 0 Å². The van der Waals surface area contributed by atoms with E-state index in [1.54, 1.807) is 0 Å². The number of ether oxygens (including phenoxy) is 1. The molecule has 0 radical (unpaired) electrons. The van der Waals surface area contributed by atoms with Gasteiger partial charge >= 0.3 is 0 Å². The van der Waals surface area contributed by atoms with Gasteiger partial charge in [-0.05, 0) is 26.7 Å². The highest BCUT2D eigenvalue weighted by Gasteiger charge is 2.20. The Labute approximate surface area is 81.8 Å². The normalized spacial score (nSPS) is 31.4. The van der Waals surface area contributed by atoms with Crippen LogP contribution in [0, 0.1) is 0 Å². The average molecular weight is 185 g/mol. The van der Waals surface area contributed by atoms with Crippen molar-refractivity contribution in [3.8, 4) is 0 Å². The summed E-state index contributed by atoms with van der Waals surface area (Å²) in [5.41, 5.74) is 6.07. The van der Waals surface area contributed by atoms with Crippen LogP contribution in [0.4, 0.5) is 0 Å². The lowest BCUT2D eigenvalue weighted by Crippen LogP contribution is -2.38. The van der Waals surface area contributed by atoms with Crippen molar-refractivity contribution in [3.05, 3.63) is 0 Å². The van der Waals surface area contributed by atoms with Gasteiger partial charge in [-0.2, -0.15) is 0 Å². The van der Waals surface area contributed by atoms with E-state index in [-0.39, 0.29) is 6.04 Å². The van der Waals surface area contributed by atoms with E-state index in [1.807, 2.05) is 0 Å². The van der Waals surface area contributed by atoms with E-state index in [4.69, 9.17) is 10.5 Å². The zero-order chi connectivity index (χ0) is 9.68. The summed E-state index contributed by atoms with van der Waals surface area (Å²) in [6, 6.07) is 0.266. The van der Waals surface area contributed by atoms with Gasteiger partial charge in [0.05, 0.1) is 12.2 Å². The van der Waals surface area contributed by atoms with Gasteiger partial charge in [-0.1, -0.05) is 25.7 Å². The molecule has 0 spiro atoms. The quantitative estimate of drug-likeness (QED) is 0.717. The Balaban J connectivity index is 2.37. The third-order valence-corrected chi connectivity index (χ3v) is 2.70. The highest BCUT2D eigenvalue weighted by atomic mass is 16.5. The first kappa shape index (κ1) is 11.0. The van der Waals surface area contributed by atoms with Gasteiger partial charge in [0.15, 0.2) is 0 Å². The smallest absolute Gasteiger partial charge is 0.0729 e. The summed E-state index contributed by atoms with van der Waals surface area (Å²) < 4.78 is 5.81. The molecule has 0 saturated heterocycles. The number of hydrogen-bond donors (Lipinski definition) is 1. The van der Waals surface area contributed by atoms with Crippen LogP contribution in [0.15, 0.2) is 0 Å². The molecule has 78 valence electrons. The van der Waals surface area contributed by atoms with Crippen molar-refractivity contribution in [3.63, 3.8) is 0 Å². The third kappa shape index (κ3) is 4.10. The first-order chi connectivity index (χ1) is 6.20. The zero-order valence-electron chi connectivity index (χ0n) is 8.96. The standard InChI is InChI=1S/C11H23NO/c1-9(2)13-11-8-6-4-3-5-7-10(11)12/h9-11H,3-8,12H2,1-2H3/t10-,11+/m0/s1. The maximum Gasteiger partial charge on any atom is 0.0729 e. The highest BCUT2D eigenvalue weighted by Crippen LogP contribution is 2.19. The highest BCUT2D eigenvalue weighted by molar-refractivity contribution is 4.76. The van der Waals surface area contributed by atoms with Crippen molar-refractivity contribution in [2.75, 3.05) is 0 Å². The number of hydrogen-bond acceptors (Lipinski definition) is 2. The van der Waals surface area contributed by atoms with Crippen LogP contribution in [0.1, 0.15) is 52.4 Å². The summed E-state index contributed by atoms with van der Waals surface area (Å²) in [5, 5.41) is 0. The molecule has 0 aromatic heterocycles. The van der Waals surface area contributed by atoms with Crippen LogP contribution in [-0.4, -0.2) is 18.2 Å². The van der Waals surface area contributed by atoms with Gasteiger partial charge in [-0.25, -0.2) is 0 Å². The summed E-state index contributed by atoms with van der Waals surface area (Å²) >= 11 is 0. The lowest BCUT2D eigenvalue weighted by Gasteiger charge is -2.28. The van der Waals surface area contributed by atoms with Crippen LogP contribution in [0.2, 0.25) is 0 Å². The fourth-order valence-electron chi connectivity index (χ4n) is 2.00. The Morgan fingerprint density at radius 1 is 1.08 bits per heavy atom. The molecule has 0 aromatic carbocycles. The van der Waals surface area contributed by atoms with Gasteiger partial charge < -0.3 is 10.5 Å². The second kappa shape index (κ2) is 5.61. The van der Waals surface area contributed by atoms with Gasteiger partial charge in [0, 0.05) is 6.04 Å². The summed E-state index contributed by atoms with van der Waals surface area (Å²) in [6.07, 6.45) is 8.17. The topological polar surface area (TPSA) is 35.2 Å². The van der Waals surface area contributed by atoms with Crippen LogP contribution < -0.4 is 5.73 Å². The zero-order valence-corrected chi connectivity index (χ0v) is 8.96. The Hall–Kier alpha value is -0.0800. The van der Waals surface area contributed by atoms with Gasteiger partial charge in [0.1, 0.15) is 0 Å². The van der Waals surface area contributed by atoms with Crippen LogP contribution in [-0.2, 0) is 4.74 Å². The molecule has 0 heterocycles. The van der Waals surface area contributed by atoms with E-state index in [2.05, 4.69) is 13.8 Å². The minimum Gasteiger partial charge on any atom is -0.374 e. The number of nitrogens with two attached hydrogens (primary N) is 1. The number of rotatable bonds is 2. The Bertz CT molecular complexity index is 136. The van der Waals surface area contributed by atoms with Gasteiger partial charge in [0.2, 0.25) is 0 Å². The third-order valence-electron chi connectivity index (χ3n) is 2.70. The van der Waals surface area contributed by atoms with Crippen LogP contribution in [0.25, 0.3) is 0 Å². The first-order valence-electron chi connectivity index (χ1n) is 5.61. The lowest BCUT2D eigenvalue weighted by atomic mass is 9.95.